The van der Waals surface area contributed by atoms with Crippen molar-refractivity contribution in [1.29, 1.82) is 0 Å². The fraction of sp³-hybridized carbons (Fsp3) is 0.889. The SMILES string of the molecule is CN1CC2(CCNCC2)CNC1=O. The van der Waals surface area contributed by atoms with Gasteiger partial charge in [0.1, 0.15) is 0 Å². The number of nitrogens with zero attached hydrogens (tertiary/aromatic N) is 1. The maximum Gasteiger partial charge on any atom is 0.317 e. The summed E-state index contributed by atoms with van der Waals surface area (Å²) in [5.41, 5.74) is 0.341. The monoisotopic (exact) mass is 183 g/mol. The van der Waals surface area contributed by atoms with E-state index in [1.165, 1.54) is 12.8 Å². The summed E-state index contributed by atoms with van der Waals surface area (Å²) in [5, 5.41) is 6.30. The Morgan fingerprint density at radius 1 is 1.38 bits per heavy atom. The predicted octanol–water partition coefficient (Wildman–Crippen LogP) is 0.0112. The number of carbonyl (C=O) groups excluding carboxylic acids is 1. The van der Waals surface area contributed by atoms with Gasteiger partial charge in [0.25, 0.3) is 0 Å². The number of nitrogens with one attached hydrogen (secondary N) is 2. The minimum Gasteiger partial charge on any atom is -0.337 e. The standard InChI is InChI=1S/C9H17N3O/c1-12-7-9(6-11-8(12)13)2-4-10-5-3-9/h10H,2-7H2,1H3,(H,11,13). The molecule has 74 valence electrons. The Labute approximate surface area is 78.7 Å². The Morgan fingerprint density at radius 3 is 2.69 bits per heavy atom. The van der Waals surface area contributed by atoms with E-state index in [0.29, 0.717) is 5.41 Å². The largest absolute Gasteiger partial charge is 0.337 e. The second-order valence-electron chi connectivity index (χ2n) is 4.26. The molecule has 13 heavy (non-hydrogen) atoms. The van der Waals surface area contributed by atoms with Crippen molar-refractivity contribution in [3.05, 3.63) is 0 Å². The molecule has 0 aromatic rings. The number of urea groups is 1. The van der Waals surface area contributed by atoms with Crippen LogP contribution >= 0.6 is 0 Å². The van der Waals surface area contributed by atoms with E-state index in [-0.39, 0.29) is 6.03 Å². The van der Waals surface area contributed by atoms with Crippen LogP contribution in [0.3, 0.4) is 0 Å². The van der Waals surface area contributed by atoms with E-state index in [1.54, 1.807) is 4.90 Å². The molecule has 2 saturated heterocycles. The molecule has 0 radical (unpaired) electrons. The Kier molecular flexibility index (Phi) is 2.15. The molecule has 0 aromatic heterocycles. The highest BCUT2D eigenvalue weighted by Crippen LogP contribution is 2.30. The molecule has 2 fully saturated rings. The molecule has 2 aliphatic rings. The zero-order chi connectivity index (χ0) is 9.31. The average molecular weight is 183 g/mol. The van der Waals surface area contributed by atoms with Gasteiger partial charge in [-0.05, 0) is 25.9 Å². The second-order valence-corrected chi connectivity index (χ2v) is 4.26. The van der Waals surface area contributed by atoms with E-state index in [9.17, 15) is 4.79 Å². The van der Waals surface area contributed by atoms with Crippen LogP contribution in [0.15, 0.2) is 0 Å². The molecule has 0 unspecified atom stereocenters. The van der Waals surface area contributed by atoms with Gasteiger partial charge in [0.05, 0.1) is 0 Å². The molecular weight excluding hydrogens is 166 g/mol. The molecule has 0 aromatic carbocycles. The number of amides is 2. The summed E-state index contributed by atoms with van der Waals surface area (Å²) < 4.78 is 0. The lowest BCUT2D eigenvalue weighted by molar-refractivity contribution is 0.104. The molecule has 4 nitrogen and oxygen atoms in total. The minimum atomic E-state index is 0.0733. The van der Waals surface area contributed by atoms with Gasteiger partial charge in [0.2, 0.25) is 0 Å². The smallest absolute Gasteiger partial charge is 0.317 e. The van der Waals surface area contributed by atoms with Crippen molar-refractivity contribution in [3.8, 4) is 0 Å². The van der Waals surface area contributed by atoms with E-state index in [0.717, 1.165) is 26.2 Å². The highest BCUT2D eigenvalue weighted by Gasteiger charge is 2.37. The van der Waals surface area contributed by atoms with E-state index < -0.39 is 0 Å². The first kappa shape index (κ1) is 8.81. The van der Waals surface area contributed by atoms with Crippen molar-refractivity contribution in [3.63, 3.8) is 0 Å². The second kappa shape index (κ2) is 3.18. The number of carbonyl (C=O) groups is 1. The summed E-state index contributed by atoms with van der Waals surface area (Å²) in [5.74, 6) is 0. The predicted molar refractivity (Wildman–Crippen MR) is 50.6 cm³/mol. The fourth-order valence-electron chi connectivity index (χ4n) is 2.32. The van der Waals surface area contributed by atoms with Crippen molar-refractivity contribution < 1.29 is 4.79 Å². The molecule has 0 saturated carbocycles. The molecule has 2 N–H and O–H groups in total. The molecule has 2 aliphatic heterocycles. The quantitative estimate of drug-likeness (QED) is 0.555. The topological polar surface area (TPSA) is 44.4 Å². The summed E-state index contributed by atoms with van der Waals surface area (Å²) in [6.45, 7) is 3.95. The summed E-state index contributed by atoms with van der Waals surface area (Å²) in [6.07, 6.45) is 2.36. The average Bonchev–Trinajstić information content (AvgIpc) is 2.14. The first-order chi connectivity index (χ1) is 6.22. The molecule has 2 heterocycles. The van der Waals surface area contributed by atoms with Gasteiger partial charge >= 0.3 is 6.03 Å². The van der Waals surface area contributed by atoms with Crippen LogP contribution in [0.25, 0.3) is 0 Å². The lowest BCUT2D eigenvalue weighted by Crippen LogP contribution is -2.58. The Bertz CT molecular complexity index is 211. The molecule has 2 rings (SSSR count). The third-order valence-corrected chi connectivity index (χ3v) is 3.20. The molecule has 4 heteroatoms. The summed E-state index contributed by atoms with van der Waals surface area (Å²) in [4.78, 5) is 13.0. The van der Waals surface area contributed by atoms with Crippen LogP contribution in [0.5, 0.6) is 0 Å². The maximum absolute atomic E-state index is 11.2. The van der Waals surface area contributed by atoms with Gasteiger partial charge in [-0.25, -0.2) is 4.79 Å². The molecule has 1 spiro atoms. The van der Waals surface area contributed by atoms with Crippen LogP contribution in [0.2, 0.25) is 0 Å². The maximum atomic E-state index is 11.2. The molecule has 0 atom stereocenters. The minimum absolute atomic E-state index is 0.0733. The van der Waals surface area contributed by atoms with Crippen LogP contribution in [-0.4, -0.2) is 44.2 Å². The van der Waals surface area contributed by atoms with Crippen molar-refractivity contribution in [1.82, 2.24) is 15.5 Å². The Morgan fingerprint density at radius 2 is 2.08 bits per heavy atom. The van der Waals surface area contributed by atoms with Gasteiger partial charge in [-0.15, -0.1) is 0 Å². The zero-order valence-electron chi connectivity index (χ0n) is 8.10. The molecule has 0 aliphatic carbocycles. The summed E-state index contributed by atoms with van der Waals surface area (Å²) >= 11 is 0. The lowest BCUT2D eigenvalue weighted by atomic mass is 9.77. The highest BCUT2D eigenvalue weighted by atomic mass is 16.2. The van der Waals surface area contributed by atoms with E-state index in [2.05, 4.69) is 10.6 Å². The van der Waals surface area contributed by atoms with Gasteiger partial charge in [-0.1, -0.05) is 0 Å². The Balaban J connectivity index is 2.02. The van der Waals surface area contributed by atoms with Crippen LogP contribution in [0, 0.1) is 5.41 Å². The molecule has 0 bridgehead atoms. The number of hydrogen-bond acceptors (Lipinski definition) is 2. The zero-order valence-corrected chi connectivity index (χ0v) is 8.10. The Hall–Kier alpha value is -0.770. The van der Waals surface area contributed by atoms with Crippen LogP contribution in [-0.2, 0) is 0 Å². The van der Waals surface area contributed by atoms with Gasteiger partial charge < -0.3 is 15.5 Å². The normalized spacial score (nSPS) is 27.5. The van der Waals surface area contributed by atoms with Crippen LogP contribution < -0.4 is 10.6 Å². The highest BCUT2D eigenvalue weighted by molar-refractivity contribution is 5.74. The third-order valence-electron chi connectivity index (χ3n) is 3.20. The van der Waals surface area contributed by atoms with E-state index in [1.807, 2.05) is 7.05 Å². The number of piperidine rings is 1. The van der Waals surface area contributed by atoms with Crippen molar-refractivity contribution in [2.24, 2.45) is 5.41 Å². The van der Waals surface area contributed by atoms with Crippen molar-refractivity contribution in [2.75, 3.05) is 33.2 Å². The lowest BCUT2D eigenvalue weighted by Gasteiger charge is -2.44. The third kappa shape index (κ3) is 1.63. The van der Waals surface area contributed by atoms with E-state index >= 15 is 0 Å². The molecule has 2 amide bonds. The van der Waals surface area contributed by atoms with Gasteiger partial charge in [-0.3, -0.25) is 0 Å². The fourth-order valence-corrected chi connectivity index (χ4v) is 2.32. The first-order valence-electron chi connectivity index (χ1n) is 4.92. The van der Waals surface area contributed by atoms with Crippen LogP contribution in [0.4, 0.5) is 4.79 Å². The van der Waals surface area contributed by atoms with E-state index in [4.69, 9.17) is 0 Å². The summed E-state index contributed by atoms with van der Waals surface area (Å²) in [6, 6.07) is 0.0733. The van der Waals surface area contributed by atoms with Crippen molar-refractivity contribution in [2.45, 2.75) is 12.8 Å². The van der Waals surface area contributed by atoms with Gasteiger partial charge in [-0.2, -0.15) is 0 Å². The molecular formula is C9H17N3O. The van der Waals surface area contributed by atoms with Gasteiger partial charge in [0, 0.05) is 25.6 Å². The van der Waals surface area contributed by atoms with Gasteiger partial charge in [0.15, 0.2) is 0 Å². The van der Waals surface area contributed by atoms with Crippen LogP contribution in [0.1, 0.15) is 12.8 Å². The number of rotatable bonds is 0. The first-order valence-corrected chi connectivity index (χ1v) is 4.92. The number of hydrogen-bond donors (Lipinski definition) is 2. The van der Waals surface area contributed by atoms with Crippen molar-refractivity contribution >= 4 is 6.03 Å². The summed E-state index contributed by atoms with van der Waals surface area (Å²) in [7, 11) is 1.87.